The first-order valence-corrected chi connectivity index (χ1v) is 16.8. The number of alkyl halides is 3. The van der Waals surface area contributed by atoms with Gasteiger partial charge in [0.2, 0.25) is 0 Å². The molecular weight excluding hydrogens is 658 g/mol. The first-order chi connectivity index (χ1) is 25.3. The lowest BCUT2D eigenvalue weighted by molar-refractivity contribution is -0.137. The third-order valence-corrected chi connectivity index (χ3v) is 9.78. The van der Waals surface area contributed by atoms with Gasteiger partial charge in [-0.25, -0.2) is 4.90 Å². The molecular formula is C45H27F3N2O2. The minimum Gasteiger partial charge on any atom is -0.308 e. The van der Waals surface area contributed by atoms with Crippen molar-refractivity contribution >= 4 is 39.3 Å². The molecule has 1 aromatic heterocycles. The number of halogens is 3. The number of aromatic nitrogens is 1. The lowest BCUT2D eigenvalue weighted by Gasteiger charge is -2.23. The summed E-state index contributed by atoms with van der Waals surface area (Å²) in [5, 5.41) is 1.76. The van der Waals surface area contributed by atoms with Crippen LogP contribution < -0.4 is 4.90 Å². The van der Waals surface area contributed by atoms with Crippen LogP contribution in [0.5, 0.6) is 0 Å². The molecule has 0 saturated heterocycles. The van der Waals surface area contributed by atoms with Crippen molar-refractivity contribution in [2.24, 2.45) is 0 Å². The Kier molecular flexibility index (Phi) is 7.19. The van der Waals surface area contributed by atoms with Crippen molar-refractivity contribution in [2.75, 3.05) is 4.90 Å². The topological polar surface area (TPSA) is 42.3 Å². The number of rotatable bonds is 5. The molecule has 7 aromatic carbocycles. The van der Waals surface area contributed by atoms with E-state index in [0.29, 0.717) is 28.0 Å². The maximum Gasteiger partial charge on any atom is 0.416 e. The minimum atomic E-state index is -4.47. The molecule has 0 bridgehead atoms. The summed E-state index contributed by atoms with van der Waals surface area (Å²) in [4.78, 5) is 31.0. The quantitative estimate of drug-likeness (QED) is 0.169. The SMILES string of the molecule is O=C1c2cccc(-n3c4ccccc4c4cccc(-c5ccc(C(F)(F)F)cc5)c43)c2C(=O)N1c1c(-c2ccccc2)cccc1-c1ccccc1. The number of carbonyl (C=O) groups excluding carboxylic acids is 2. The molecule has 0 N–H and O–H groups in total. The van der Waals surface area contributed by atoms with Gasteiger partial charge in [0.1, 0.15) is 0 Å². The van der Waals surface area contributed by atoms with E-state index < -0.39 is 23.6 Å². The molecule has 2 heterocycles. The number of imide groups is 1. The first kappa shape index (κ1) is 31.3. The van der Waals surface area contributed by atoms with Gasteiger partial charge < -0.3 is 4.57 Å². The molecule has 0 fully saturated rings. The van der Waals surface area contributed by atoms with Gasteiger partial charge in [0.25, 0.3) is 11.8 Å². The summed E-state index contributed by atoms with van der Waals surface area (Å²) in [7, 11) is 0. The lowest BCUT2D eigenvalue weighted by Crippen LogP contribution is -2.30. The summed E-state index contributed by atoms with van der Waals surface area (Å²) in [5.74, 6) is -0.903. The van der Waals surface area contributed by atoms with Crippen LogP contribution in [0.25, 0.3) is 60.9 Å². The Bertz CT molecular complexity index is 2640. The molecule has 2 amide bonds. The highest BCUT2D eigenvalue weighted by Gasteiger charge is 2.41. The summed E-state index contributed by atoms with van der Waals surface area (Å²) >= 11 is 0. The smallest absolute Gasteiger partial charge is 0.308 e. The molecule has 4 nitrogen and oxygen atoms in total. The Hall–Kier alpha value is -6.73. The van der Waals surface area contributed by atoms with Gasteiger partial charge >= 0.3 is 6.18 Å². The average molecular weight is 685 g/mol. The van der Waals surface area contributed by atoms with Gasteiger partial charge in [0, 0.05) is 27.5 Å². The largest absolute Gasteiger partial charge is 0.416 e. The molecule has 9 rings (SSSR count). The number of benzene rings is 7. The van der Waals surface area contributed by atoms with Crippen molar-refractivity contribution < 1.29 is 22.8 Å². The Morgan fingerprint density at radius 3 is 1.62 bits per heavy atom. The minimum absolute atomic E-state index is 0.249. The number of hydrogen-bond acceptors (Lipinski definition) is 2. The summed E-state index contributed by atoms with van der Waals surface area (Å²) < 4.78 is 42.5. The van der Waals surface area contributed by atoms with Crippen LogP contribution in [0.15, 0.2) is 164 Å². The molecule has 52 heavy (non-hydrogen) atoms. The maximum atomic E-state index is 15.0. The fourth-order valence-corrected chi connectivity index (χ4v) is 7.48. The van der Waals surface area contributed by atoms with Crippen LogP contribution in [0.3, 0.4) is 0 Å². The van der Waals surface area contributed by atoms with Crippen molar-refractivity contribution in [3.63, 3.8) is 0 Å². The Balaban J connectivity index is 1.29. The molecule has 8 aromatic rings. The number of carbonyl (C=O) groups is 2. The van der Waals surface area contributed by atoms with Crippen LogP contribution in [-0.2, 0) is 6.18 Å². The van der Waals surface area contributed by atoms with Crippen LogP contribution in [0.2, 0.25) is 0 Å². The van der Waals surface area contributed by atoms with Gasteiger partial charge in [-0.3, -0.25) is 9.59 Å². The lowest BCUT2D eigenvalue weighted by atomic mass is 9.95. The summed E-state index contributed by atoms with van der Waals surface area (Å²) in [6, 6.07) is 49.0. The second-order valence-electron chi connectivity index (χ2n) is 12.7. The zero-order valence-corrected chi connectivity index (χ0v) is 27.4. The highest BCUT2D eigenvalue weighted by Crippen LogP contribution is 2.45. The molecule has 1 aliphatic rings. The zero-order valence-electron chi connectivity index (χ0n) is 27.4. The van der Waals surface area contributed by atoms with E-state index in [9.17, 15) is 18.0 Å². The van der Waals surface area contributed by atoms with Crippen LogP contribution >= 0.6 is 0 Å². The van der Waals surface area contributed by atoms with E-state index in [0.717, 1.165) is 50.7 Å². The summed E-state index contributed by atoms with van der Waals surface area (Å²) in [5.41, 5.74) is 6.74. The highest BCUT2D eigenvalue weighted by atomic mass is 19.4. The fourth-order valence-electron chi connectivity index (χ4n) is 7.48. The van der Waals surface area contributed by atoms with E-state index in [4.69, 9.17) is 0 Å². The van der Waals surface area contributed by atoms with Crippen molar-refractivity contribution in [1.82, 2.24) is 4.57 Å². The van der Waals surface area contributed by atoms with E-state index in [1.54, 1.807) is 12.1 Å². The van der Waals surface area contributed by atoms with Crippen molar-refractivity contribution in [3.05, 3.63) is 180 Å². The zero-order chi connectivity index (χ0) is 35.6. The summed E-state index contributed by atoms with van der Waals surface area (Å²) in [6.45, 7) is 0. The predicted molar refractivity (Wildman–Crippen MR) is 200 cm³/mol. The normalized spacial score (nSPS) is 12.9. The number of hydrogen-bond donors (Lipinski definition) is 0. The van der Waals surface area contributed by atoms with E-state index in [2.05, 4.69) is 0 Å². The van der Waals surface area contributed by atoms with Crippen LogP contribution in [-0.4, -0.2) is 16.4 Å². The molecule has 0 unspecified atom stereocenters. The Morgan fingerprint density at radius 1 is 0.442 bits per heavy atom. The predicted octanol–water partition coefficient (Wildman–Crippen LogP) is 11.6. The number of anilines is 1. The van der Waals surface area contributed by atoms with Crippen molar-refractivity contribution in [3.8, 4) is 39.1 Å². The number of fused-ring (bicyclic) bond motifs is 4. The third-order valence-electron chi connectivity index (χ3n) is 9.78. The maximum absolute atomic E-state index is 15.0. The van der Waals surface area contributed by atoms with Gasteiger partial charge in [-0.1, -0.05) is 133 Å². The molecule has 0 atom stereocenters. The number of nitrogens with zero attached hydrogens (tertiary/aromatic N) is 2. The van der Waals surface area contributed by atoms with Crippen LogP contribution in [0, 0.1) is 0 Å². The molecule has 7 heteroatoms. The number of para-hydroxylation sites is 3. The first-order valence-electron chi connectivity index (χ1n) is 16.8. The number of amides is 2. The van der Waals surface area contributed by atoms with E-state index in [1.807, 2.05) is 132 Å². The highest BCUT2D eigenvalue weighted by molar-refractivity contribution is 6.37. The third kappa shape index (κ3) is 4.85. The van der Waals surface area contributed by atoms with Crippen LogP contribution in [0.4, 0.5) is 18.9 Å². The average Bonchev–Trinajstić information content (AvgIpc) is 3.65. The van der Waals surface area contributed by atoms with E-state index in [-0.39, 0.29) is 11.1 Å². The molecule has 250 valence electrons. The Labute approximate surface area is 296 Å². The summed E-state index contributed by atoms with van der Waals surface area (Å²) in [6.07, 6.45) is -4.47. The van der Waals surface area contributed by atoms with Gasteiger partial charge in [-0.05, 0) is 47.0 Å². The van der Waals surface area contributed by atoms with Crippen molar-refractivity contribution in [1.29, 1.82) is 0 Å². The molecule has 0 radical (unpaired) electrons. The standard InChI is InChI=1S/C45H27F3N2O2/c46-45(47,48)31-26-24-30(25-27-31)34-19-10-20-36-35-16-7-8-22-38(35)49(42(34)36)39-23-11-21-37-40(39)44(52)50(43(37)51)41-32(28-12-3-1-4-13-28)17-9-18-33(41)29-14-5-2-6-15-29/h1-27H. The van der Waals surface area contributed by atoms with Crippen LogP contribution in [0.1, 0.15) is 26.3 Å². The Morgan fingerprint density at radius 2 is 0.962 bits per heavy atom. The van der Waals surface area contributed by atoms with Gasteiger partial charge in [-0.15, -0.1) is 0 Å². The second kappa shape index (κ2) is 12.0. The fraction of sp³-hybridized carbons (Fsp3) is 0.0222. The molecule has 0 spiro atoms. The molecule has 0 aliphatic carbocycles. The van der Waals surface area contributed by atoms with E-state index in [1.165, 1.54) is 17.0 Å². The van der Waals surface area contributed by atoms with Gasteiger partial charge in [0.15, 0.2) is 0 Å². The van der Waals surface area contributed by atoms with Gasteiger partial charge in [-0.2, -0.15) is 13.2 Å². The van der Waals surface area contributed by atoms with Gasteiger partial charge in [0.05, 0.1) is 39.1 Å². The van der Waals surface area contributed by atoms with E-state index >= 15 is 4.79 Å². The molecule has 1 aliphatic heterocycles. The molecule has 0 saturated carbocycles. The van der Waals surface area contributed by atoms with Crippen molar-refractivity contribution in [2.45, 2.75) is 6.18 Å². The second-order valence-corrected chi connectivity index (χ2v) is 12.7. The monoisotopic (exact) mass is 684 g/mol.